The van der Waals surface area contributed by atoms with Gasteiger partial charge in [0.2, 0.25) is 0 Å². The van der Waals surface area contributed by atoms with E-state index < -0.39 is 11.8 Å². The Kier molecular flexibility index (Phi) is 6.68. The average Bonchev–Trinajstić information content (AvgIpc) is 2.69. The second-order valence-corrected chi connectivity index (χ2v) is 7.45. The molecule has 7 heteroatoms. The van der Waals surface area contributed by atoms with Gasteiger partial charge in [-0.15, -0.1) is 0 Å². The standard InChI is InChI=1S/C20H30N4O3/c1-22-11-13-23(14-12-22)17-7-5-16(6-8-17)21-19(26)20(27)24-10-3-2-4-18(24)9-15-25/h5-8,18,25H,2-4,9-15H2,1H3,(H,21,26). The van der Waals surface area contributed by atoms with Crippen LogP contribution in [-0.4, -0.2) is 79.1 Å². The van der Waals surface area contributed by atoms with Crippen LogP contribution in [0.4, 0.5) is 11.4 Å². The third kappa shape index (κ3) is 4.99. The van der Waals surface area contributed by atoms with E-state index >= 15 is 0 Å². The molecule has 0 aromatic heterocycles. The summed E-state index contributed by atoms with van der Waals surface area (Å²) < 4.78 is 0. The lowest BCUT2D eigenvalue weighted by Gasteiger charge is -2.35. The van der Waals surface area contributed by atoms with Crippen molar-refractivity contribution in [2.75, 3.05) is 56.6 Å². The summed E-state index contributed by atoms with van der Waals surface area (Å²) in [6, 6.07) is 7.63. The molecule has 2 heterocycles. The molecule has 27 heavy (non-hydrogen) atoms. The zero-order valence-corrected chi connectivity index (χ0v) is 16.1. The summed E-state index contributed by atoms with van der Waals surface area (Å²) in [5.41, 5.74) is 1.76. The highest BCUT2D eigenvalue weighted by atomic mass is 16.3. The van der Waals surface area contributed by atoms with E-state index in [0.717, 1.165) is 51.1 Å². The number of aliphatic hydroxyl groups is 1. The van der Waals surface area contributed by atoms with Gasteiger partial charge in [0.15, 0.2) is 0 Å². The first-order valence-corrected chi connectivity index (χ1v) is 9.85. The summed E-state index contributed by atoms with van der Waals surface area (Å²) in [7, 11) is 2.13. The SMILES string of the molecule is CN1CCN(c2ccc(NC(=O)C(=O)N3CCCCC3CCO)cc2)CC1. The normalized spacial score (nSPS) is 21.2. The third-order valence-corrected chi connectivity index (χ3v) is 5.54. The molecule has 2 amide bonds. The third-order valence-electron chi connectivity index (χ3n) is 5.54. The zero-order chi connectivity index (χ0) is 19.2. The molecule has 0 spiro atoms. The van der Waals surface area contributed by atoms with Crippen molar-refractivity contribution in [1.29, 1.82) is 0 Å². The van der Waals surface area contributed by atoms with Crippen molar-refractivity contribution in [1.82, 2.24) is 9.80 Å². The number of aliphatic hydroxyl groups excluding tert-OH is 1. The van der Waals surface area contributed by atoms with E-state index in [1.165, 1.54) is 0 Å². The monoisotopic (exact) mass is 374 g/mol. The molecule has 2 saturated heterocycles. The lowest BCUT2D eigenvalue weighted by molar-refractivity contribution is -0.146. The fourth-order valence-corrected chi connectivity index (χ4v) is 3.85. The van der Waals surface area contributed by atoms with Gasteiger partial charge < -0.3 is 25.1 Å². The lowest BCUT2D eigenvalue weighted by Crippen LogP contribution is -2.48. The van der Waals surface area contributed by atoms with Crippen LogP contribution in [0, 0.1) is 0 Å². The maximum atomic E-state index is 12.6. The van der Waals surface area contributed by atoms with Crippen molar-refractivity contribution >= 4 is 23.2 Å². The molecule has 7 nitrogen and oxygen atoms in total. The Balaban J connectivity index is 1.57. The predicted molar refractivity (Wildman–Crippen MR) is 106 cm³/mol. The molecule has 1 aromatic rings. The Bertz CT molecular complexity index is 639. The smallest absolute Gasteiger partial charge is 0.313 e. The van der Waals surface area contributed by atoms with E-state index in [-0.39, 0.29) is 12.6 Å². The molecule has 2 aliphatic rings. The topological polar surface area (TPSA) is 76.1 Å². The van der Waals surface area contributed by atoms with Crippen LogP contribution in [0.2, 0.25) is 0 Å². The van der Waals surface area contributed by atoms with Gasteiger partial charge in [-0.3, -0.25) is 9.59 Å². The summed E-state index contributed by atoms with van der Waals surface area (Å²) >= 11 is 0. The van der Waals surface area contributed by atoms with E-state index in [1.807, 2.05) is 24.3 Å². The Morgan fingerprint density at radius 1 is 1.07 bits per heavy atom. The predicted octanol–water partition coefficient (Wildman–Crippen LogP) is 1.14. The van der Waals surface area contributed by atoms with E-state index in [0.29, 0.717) is 18.7 Å². The molecule has 0 saturated carbocycles. The van der Waals surface area contributed by atoms with Crippen molar-refractivity contribution in [3.63, 3.8) is 0 Å². The average molecular weight is 374 g/mol. The molecular formula is C20H30N4O3. The molecular weight excluding hydrogens is 344 g/mol. The van der Waals surface area contributed by atoms with E-state index in [4.69, 9.17) is 0 Å². The van der Waals surface area contributed by atoms with Crippen molar-refractivity contribution in [3.8, 4) is 0 Å². The zero-order valence-electron chi connectivity index (χ0n) is 16.1. The quantitative estimate of drug-likeness (QED) is 0.773. The minimum absolute atomic E-state index is 0.0316. The second-order valence-electron chi connectivity index (χ2n) is 7.45. The Morgan fingerprint density at radius 3 is 2.44 bits per heavy atom. The lowest BCUT2D eigenvalue weighted by atomic mass is 9.99. The number of hydrogen-bond donors (Lipinski definition) is 2. The summed E-state index contributed by atoms with van der Waals surface area (Å²) in [6.07, 6.45) is 3.31. The maximum absolute atomic E-state index is 12.6. The van der Waals surface area contributed by atoms with Crippen LogP contribution in [0.5, 0.6) is 0 Å². The number of likely N-dealkylation sites (N-methyl/N-ethyl adjacent to an activating group) is 1. The minimum Gasteiger partial charge on any atom is -0.396 e. The highest BCUT2D eigenvalue weighted by molar-refractivity contribution is 6.39. The first-order valence-electron chi connectivity index (χ1n) is 9.85. The summed E-state index contributed by atoms with van der Waals surface area (Å²) in [6.45, 7) is 4.67. The highest BCUT2D eigenvalue weighted by Crippen LogP contribution is 2.21. The van der Waals surface area contributed by atoms with Gasteiger partial charge in [0.1, 0.15) is 0 Å². The van der Waals surface area contributed by atoms with Crippen LogP contribution in [0.25, 0.3) is 0 Å². The molecule has 1 unspecified atom stereocenters. The summed E-state index contributed by atoms with van der Waals surface area (Å²) in [4.78, 5) is 31.2. The van der Waals surface area contributed by atoms with E-state index in [2.05, 4.69) is 22.2 Å². The first-order chi connectivity index (χ1) is 13.1. The number of piperidine rings is 1. The number of rotatable bonds is 4. The van der Waals surface area contributed by atoms with Crippen molar-refractivity contribution in [2.45, 2.75) is 31.7 Å². The highest BCUT2D eigenvalue weighted by Gasteiger charge is 2.30. The number of nitrogens with zero attached hydrogens (tertiary/aromatic N) is 3. The summed E-state index contributed by atoms with van der Waals surface area (Å²) in [5, 5.41) is 11.9. The number of benzene rings is 1. The van der Waals surface area contributed by atoms with Crippen LogP contribution in [0.15, 0.2) is 24.3 Å². The van der Waals surface area contributed by atoms with E-state index in [1.54, 1.807) is 4.90 Å². The molecule has 148 valence electrons. The fraction of sp³-hybridized carbons (Fsp3) is 0.600. The molecule has 1 atom stereocenters. The van der Waals surface area contributed by atoms with Gasteiger partial charge in [-0.25, -0.2) is 0 Å². The number of hydrogen-bond acceptors (Lipinski definition) is 5. The van der Waals surface area contributed by atoms with Crippen LogP contribution >= 0.6 is 0 Å². The molecule has 2 N–H and O–H groups in total. The number of carbonyl (C=O) groups is 2. The Labute approximate surface area is 160 Å². The van der Waals surface area contributed by atoms with Gasteiger partial charge >= 0.3 is 11.8 Å². The molecule has 3 rings (SSSR count). The van der Waals surface area contributed by atoms with E-state index in [9.17, 15) is 14.7 Å². The first kappa shape index (κ1) is 19.6. The van der Waals surface area contributed by atoms with Crippen molar-refractivity contribution in [2.24, 2.45) is 0 Å². The number of likely N-dealkylation sites (tertiary alicyclic amines) is 1. The van der Waals surface area contributed by atoms with Gasteiger partial charge in [0.25, 0.3) is 0 Å². The molecule has 1 aromatic carbocycles. The molecule has 0 radical (unpaired) electrons. The van der Waals surface area contributed by atoms with Crippen LogP contribution in [-0.2, 0) is 9.59 Å². The van der Waals surface area contributed by atoms with Gasteiger partial charge in [-0.05, 0) is 57.0 Å². The molecule has 0 bridgehead atoms. The molecule has 2 aliphatic heterocycles. The molecule has 2 fully saturated rings. The number of piperazine rings is 1. The number of carbonyl (C=O) groups excluding carboxylic acids is 2. The Morgan fingerprint density at radius 2 is 1.78 bits per heavy atom. The van der Waals surface area contributed by atoms with Gasteiger partial charge in [0, 0.05) is 56.7 Å². The number of anilines is 2. The van der Waals surface area contributed by atoms with Gasteiger partial charge in [0.05, 0.1) is 0 Å². The summed E-state index contributed by atoms with van der Waals surface area (Å²) in [5.74, 6) is -1.11. The fourth-order valence-electron chi connectivity index (χ4n) is 3.85. The van der Waals surface area contributed by atoms with Crippen LogP contribution in [0.1, 0.15) is 25.7 Å². The van der Waals surface area contributed by atoms with Crippen molar-refractivity contribution in [3.05, 3.63) is 24.3 Å². The second kappa shape index (κ2) is 9.19. The van der Waals surface area contributed by atoms with Crippen molar-refractivity contribution < 1.29 is 14.7 Å². The Hall–Kier alpha value is -2.12. The van der Waals surface area contributed by atoms with Gasteiger partial charge in [-0.2, -0.15) is 0 Å². The largest absolute Gasteiger partial charge is 0.396 e. The minimum atomic E-state index is -0.604. The number of amides is 2. The maximum Gasteiger partial charge on any atom is 0.313 e. The van der Waals surface area contributed by atoms with Gasteiger partial charge in [-0.1, -0.05) is 0 Å². The molecule has 0 aliphatic carbocycles. The van der Waals surface area contributed by atoms with Crippen LogP contribution in [0.3, 0.4) is 0 Å². The number of nitrogens with one attached hydrogen (secondary N) is 1. The van der Waals surface area contributed by atoms with Crippen LogP contribution < -0.4 is 10.2 Å².